The highest BCUT2D eigenvalue weighted by Gasteiger charge is 2.18. The van der Waals surface area contributed by atoms with Crippen molar-refractivity contribution in [3.63, 3.8) is 0 Å². The molecule has 7 nitrogen and oxygen atoms in total. The highest BCUT2D eigenvalue weighted by Crippen LogP contribution is 2.19. The summed E-state index contributed by atoms with van der Waals surface area (Å²) in [5.74, 6) is 0.813. The van der Waals surface area contributed by atoms with Crippen molar-refractivity contribution in [1.29, 1.82) is 0 Å². The van der Waals surface area contributed by atoms with E-state index in [0.29, 0.717) is 30.4 Å². The van der Waals surface area contributed by atoms with E-state index in [0.717, 1.165) is 12.8 Å². The van der Waals surface area contributed by atoms with Gasteiger partial charge in [0.25, 0.3) is 5.91 Å². The molecule has 1 fully saturated rings. The lowest BCUT2D eigenvalue weighted by atomic mass is 10.1. The molecule has 114 valence electrons. The minimum absolute atomic E-state index is 0.134. The van der Waals surface area contributed by atoms with Gasteiger partial charge in [-0.2, -0.15) is 0 Å². The first kappa shape index (κ1) is 14.4. The number of hydrogen-bond acceptors (Lipinski definition) is 6. The molecule has 3 rings (SSSR count). The molecule has 1 aliphatic rings. The summed E-state index contributed by atoms with van der Waals surface area (Å²) in [7, 11) is 0. The van der Waals surface area contributed by atoms with Crippen LogP contribution in [-0.4, -0.2) is 40.1 Å². The van der Waals surface area contributed by atoms with Crippen LogP contribution in [-0.2, 0) is 4.74 Å². The van der Waals surface area contributed by atoms with Crippen LogP contribution in [0, 0.1) is 0 Å². The van der Waals surface area contributed by atoms with E-state index in [1.54, 1.807) is 24.5 Å². The first-order valence-electron chi connectivity index (χ1n) is 7.09. The molecule has 22 heavy (non-hydrogen) atoms. The third-order valence-corrected chi connectivity index (χ3v) is 3.29. The van der Waals surface area contributed by atoms with Crippen LogP contribution >= 0.6 is 0 Å². The van der Waals surface area contributed by atoms with E-state index in [9.17, 15) is 4.79 Å². The number of carbonyl (C=O) groups excluding carboxylic acids is 1. The number of rotatable bonds is 4. The number of carbonyl (C=O) groups is 1. The lowest BCUT2D eigenvalue weighted by Crippen LogP contribution is -2.39. The number of ether oxygens (including phenoxy) is 2. The molecule has 0 aliphatic carbocycles. The second-order valence-electron chi connectivity index (χ2n) is 4.91. The molecule has 0 radical (unpaired) electrons. The van der Waals surface area contributed by atoms with Crippen molar-refractivity contribution < 1.29 is 14.3 Å². The van der Waals surface area contributed by atoms with Crippen LogP contribution in [0.25, 0.3) is 0 Å². The van der Waals surface area contributed by atoms with E-state index in [4.69, 9.17) is 9.47 Å². The van der Waals surface area contributed by atoms with Gasteiger partial charge in [-0.05, 0) is 18.9 Å². The van der Waals surface area contributed by atoms with E-state index < -0.39 is 0 Å². The molecule has 0 bridgehead atoms. The zero-order valence-corrected chi connectivity index (χ0v) is 11.9. The average molecular weight is 300 g/mol. The van der Waals surface area contributed by atoms with Gasteiger partial charge in [-0.1, -0.05) is 0 Å². The first-order chi connectivity index (χ1) is 10.8. The van der Waals surface area contributed by atoms with Gasteiger partial charge in [0, 0.05) is 31.5 Å². The normalized spacial score (nSPS) is 15.3. The monoisotopic (exact) mass is 300 g/mol. The third kappa shape index (κ3) is 3.76. The Balaban J connectivity index is 1.66. The van der Waals surface area contributed by atoms with Crippen LogP contribution in [0.5, 0.6) is 11.5 Å². The number of pyridine rings is 1. The molecule has 0 aromatic carbocycles. The molecular weight excluding hydrogens is 284 g/mol. The summed E-state index contributed by atoms with van der Waals surface area (Å²) in [6, 6.07) is 3.41. The number of nitrogens with zero attached hydrogens (tertiary/aromatic N) is 3. The number of amides is 1. The summed E-state index contributed by atoms with van der Waals surface area (Å²) in [5.41, 5.74) is 0.320. The van der Waals surface area contributed by atoms with Crippen molar-refractivity contribution in [3.05, 3.63) is 42.7 Å². The van der Waals surface area contributed by atoms with Gasteiger partial charge < -0.3 is 14.8 Å². The van der Waals surface area contributed by atoms with Crippen LogP contribution in [0.1, 0.15) is 23.3 Å². The molecule has 0 spiro atoms. The predicted molar refractivity (Wildman–Crippen MR) is 77.7 cm³/mol. The second kappa shape index (κ2) is 6.95. The lowest BCUT2D eigenvalue weighted by Gasteiger charge is -2.22. The largest absolute Gasteiger partial charge is 0.454 e. The smallest absolute Gasteiger partial charge is 0.270 e. The molecule has 1 aliphatic heterocycles. The third-order valence-electron chi connectivity index (χ3n) is 3.29. The highest BCUT2D eigenvalue weighted by atomic mass is 16.5. The van der Waals surface area contributed by atoms with Gasteiger partial charge in [-0.3, -0.25) is 9.78 Å². The summed E-state index contributed by atoms with van der Waals surface area (Å²) in [6.07, 6.45) is 7.71. The van der Waals surface area contributed by atoms with Gasteiger partial charge in [0.2, 0.25) is 0 Å². The topological polar surface area (TPSA) is 86.2 Å². The van der Waals surface area contributed by atoms with E-state index in [1.807, 2.05) is 0 Å². The minimum Gasteiger partial charge on any atom is -0.454 e. The summed E-state index contributed by atoms with van der Waals surface area (Å²) in [5, 5.41) is 2.96. The maximum atomic E-state index is 12.2. The Morgan fingerprint density at radius 1 is 1.23 bits per heavy atom. The number of nitrogens with one attached hydrogen (secondary N) is 1. The zero-order valence-electron chi connectivity index (χ0n) is 11.9. The number of hydrogen-bond donors (Lipinski definition) is 1. The van der Waals surface area contributed by atoms with E-state index >= 15 is 0 Å². The van der Waals surface area contributed by atoms with Crippen molar-refractivity contribution in [3.8, 4) is 11.5 Å². The first-order valence-corrected chi connectivity index (χ1v) is 7.09. The van der Waals surface area contributed by atoms with Gasteiger partial charge >= 0.3 is 0 Å². The van der Waals surface area contributed by atoms with Crippen molar-refractivity contribution in [2.24, 2.45) is 0 Å². The van der Waals surface area contributed by atoms with Crippen LogP contribution in [0.15, 0.2) is 37.1 Å². The Kier molecular flexibility index (Phi) is 4.55. The molecule has 2 aromatic heterocycles. The fraction of sp³-hybridized carbons (Fsp3) is 0.333. The molecule has 7 heteroatoms. The fourth-order valence-electron chi connectivity index (χ4n) is 2.17. The van der Waals surface area contributed by atoms with Gasteiger partial charge in [-0.15, -0.1) is 0 Å². The average Bonchev–Trinajstić information content (AvgIpc) is 2.57. The lowest BCUT2D eigenvalue weighted by molar-refractivity contribution is 0.0694. The second-order valence-corrected chi connectivity index (χ2v) is 4.91. The van der Waals surface area contributed by atoms with Crippen LogP contribution in [0.2, 0.25) is 0 Å². The van der Waals surface area contributed by atoms with Crippen LogP contribution in [0.3, 0.4) is 0 Å². The Labute approximate surface area is 127 Å². The Hall–Kier alpha value is -2.54. The molecule has 1 amide bonds. The standard InChI is InChI=1S/C15H16N4O3/c20-15(19-11-2-5-21-6-3-11)14-7-12(1-4-18-14)22-13-8-16-10-17-9-13/h1,4,7-11H,2-3,5-6H2,(H,19,20). The molecule has 0 saturated carbocycles. The Morgan fingerprint density at radius 2 is 2.00 bits per heavy atom. The molecule has 1 N–H and O–H groups in total. The van der Waals surface area contributed by atoms with Crippen molar-refractivity contribution in [1.82, 2.24) is 20.3 Å². The van der Waals surface area contributed by atoms with Crippen LogP contribution in [0.4, 0.5) is 0 Å². The predicted octanol–water partition coefficient (Wildman–Crippen LogP) is 1.57. The summed E-state index contributed by atoms with van der Waals surface area (Å²) >= 11 is 0. The van der Waals surface area contributed by atoms with Gasteiger partial charge in [0.15, 0.2) is 5.75 Å². The molecule has 0 unspecified atom stereocenters. The van der Waals surface area contributed by atoms with Gasteiger partial charge in [0.1, 0.15) is 17.8 Å². The maximum Gasteiger partial charge on any atom is 0.270 e. The number of aromatic nitrogens is 3. The van der Waals surface area contributed by atoms with Crippen molar-refractivity contribution in [2.75, 3.05) is 13.2 Å². The van der Waals surface area contributed by atoms with E-state index in [2.05, 4.69) is 20.3 Å². The molecule has 3 heterocycles. The van der Waals surface area contributed by atoms with Crippen LogP contribution < -0.4 is 10.1 Å². The summed E-state index contributed by atoms with van der Waals surface area (Å²) in [6.45, 7) is 1.35. The van der Waals surface area contributed by atoms with Gasteiger partial charge in [0.05, 0.1) is 12.4 Å². The summed E-state index contributed by atoms with van der Waals surface area (Å²) in [4.78, 5) is 24.1. The van der Waals surface area contributed by atoms with Gasteiger partial charge in [-0.25, -0.2) is 9.97 Å². The van der Waals surface area contributed by atoms with E-state index in [1.165, 1.54) is 12.5 Å². The Bertz CT molecular complexity index is 630. The summed E-state index contributed by atoms with van der Waals surface area (Å²) < 4.78 is 10.9. The Morgan fingerprint density at radius 3 is 2.77 bits per heavy atom. The SMILES string of the molecule is O=C(NC1CCOCC1)c1cc(Oc2cncnc2)ccn1. The molecule has 2 aromatic rings. The zero-order chi connectivity index (χ0) is 15.2. The maximum absolute atomic E-state index is 12.2. The fourth-order valence-corrected chi connectivity index (χ4v) is 2.17. The van der Waals surface area contributed by atoms with Crippen molar-refractivity contribution >= 4 is 5.91 Å². The van der Waals surface area contributed by atoms with Crippen molar-refractivity contribution in [2.45, 2.75) is 18.9 Å². The van der Waals surface area contributed by atoms with E-state index in [-0.39, 0.29) is 11.9 Å². The highest BCUT2D eigenvalue weighted by molar-refractivity contribution is 5.92. The minimum atomic E-state index is -0.207. The quantitative estimate of drug-likeness (QED) is 0.922. The molecule has 0 atom stereocenters. The molecule has 1 saturated heterocycles. The molecular formula is C15H16N4O3.